The molecule has 0 saturated heterocycles. The second kappa shape index (κ2) is 3.28. The Morgan fingerprint density at radius 3 is 1.92 bits per heavy atom. The van der Waals surface area contributed by atoms with Gasteiger partial charge in [0.15, 0.2) is 0 Å². The zero-order chi connectivity index (χ0) is 9.19. The van der Waals surface area contributed by atoms with Crippen LogP contribution in [0.3, 0.4) is 0 Å². The van der Waals surface area contributed by atoms with E-state index in [-0.39, 0.29) is 0 Å². The van der Waals surface area contributed by atoms with Gasteiger partial charge in [-0.05, 0) is 6.92 Å². The molecule has 0 spiro atoms. The third-order valence-corrected chi connectivity index (χ3v) is 2.44. The highest BCUT2D eigenvalue weighted by Crippen LogP contribution is 2.21. The summed E-state index contributed by atoms with van der Waals surface area (Å²) in [5.74, 6) is 0. The summed E-state index contributed by atoms with van der Waals surface area (Å²) in [7, 11) is 6.66. The second-order valence-corrected chi connectivity index (χ2v) is 4.20. The van der Waals surface area contributed by atoms with Crippen LogP contribution in [0.1, 0.15) is 18.5 Å². The maximum absolute atomic E-state index is 2.26. The van der Waals surface area contributed by atoms with Gasteiger partial charge in [-0.25, -0.2) is 0 Å². The number of rotatable bonds is 2. The third kappa shape index (κ3) is 2.08. The summed E-state index contributed by atoms with van der Waals surface area (Å²) < 4.78 is 0.976. The molecule has 0 aliphatic heterocycles. The molecule has 0 aliphatic carbocycles. The smallest absolute Gasteiger partial charge is 0.111 e. The molecule has 0 saturated carbocycles. The van der Waals surface area contributed by atoms with E-state index in [1.54, 1.807) is 0 Å². The molecule has 0 unspecified atom stereocenters. The molecule has 0 fully saturated rings. The Hall–Kier alpha value is -0.820. The number of hydrogen-bond donors (Lipinski definition) is 0. The molecule has 0 N–H and O–H groups in total. The van der Waals surface area contributed by atoms with Crippen LogP contribution in [-0.2, 0) is 0 Å². The Kier molecular flexibility index (Phi) is 2.53. The normalized spacial score (nSPS) is 14.3. The lowest BCUT2D eigenvalue weighted by Crippen LogP contribution is -2.37. The zero-order valence-electron chi connectivity index (χ0n) is 8.41. The molecule has 1 rings (SSSR count). The first-order valence-corrected chi connectivity index (χ1v) is 4.38. The van der Waals surface area contributed by atoms with E-state index >= 15 is 0 Å². The summed E-state index contributed by atoms with van der Waals surface area (Å²) in [6, 6.07) is 11.2. The average Bonchev–Trinajstić information content (AvgIpc) is 2.03. The summed E-state index contributed by atoms with van der Waals surface area (Å²) in [5, 5.41) is 0. The highest BCUT2D eigenvalue weighted by atomic mass is 15.3. The van der Waals surface area contributed by atoms with Crippen molar-refractivity contribution in [3.05, 3.63) is 35.9 Å². The van der Waals surface area contributed by atoms with Crippen molar-refractivity contribution in [2.24, 2.45) is 0 Å². The molecule has 0 radical (unpaired) electrons. The third-order valence-electron chi connectivity index (χ3n) is 2.44. The van der Waals surface area contributed by atoms with Crippen molar-refractivity contribution in [1.82, 2.24) is 0 Å². The molecule has 0 heterocycles. The summed E-state index contributed by atoms with van der Waals surface area (Å²) >= 11 is 0. The summed E-state index contributed by atoms with van der Waals surface area (Å²) in [5.41, 5.74) is 1.41. The number of benzene rings is 1. The first-order valence-electron chi connectivity index (χ1n) is 4.38. The fraction of sp³-hybridized carbons (Fsp3) is 0.455. The van der Waals surface area contributed by atoms with Crippen molar-refractivity contribution in [3.8, 4) is 0 Å². The van der Waals surface area contributed by atoms with Crippen LogP contribution < -0.4 is 0 Å². The number of quaternary nitrogens is 1. The Labute approximate surface area is 75.2 Å². The maximum atomic E-state index is 2.26. The van der Waals surface area contributed by atoms with Crippen molar-refractivity contribution in [3.63, 3.8) is 0 Å². The standard InChI is InChI=1S/C11H18N/c1-10(12(2,3)4)11-8-6-5-7-9-11/h5-10H,1-4H3/q+1/t10-/m0/s1. The van der Waals surface area contributed by atoms with Crippen LogP contribution in [0.5, 0.6) is 0 Å². The van der Waals surface area contributed by atoms with Crippen molar-refractivity contribution >= 4 is 0 Å². The molecule has 0 bridgehead atoms. The van der Waals surface area contributed by atoms with E-state index in [1.165, 1.54) is 5.56 Å². The van der Waals surface area contributed by atoms with E-state index in [2.05, 4.69) is 58.4 Å². The van der Waals surface area contributed by atoms with Crippen molar-refractivity contribution in [1.29, 1.82) is 0 Å². The van der Waals surface area contributed by atoms with E-state index in [0.29, 0.717) is 6.04 Å². The molecule has 0 aliphatic rings. The Balaban J connectivity index is 2.86. The van der Waals surface area contributed by atoms with E-state index < -0.39 is 0 Å². The Morgan fingerprint density at radius 1 is 1.00 bits per heavy atom. The lowest BCUT2D eigenvalue weighted by atomic mass is 10.1. The van der Waals surface area contributed by atoms with E-state index in [4.69, 9.17) is 0 Å². The van der Waals surface area contributed by atoms with Gasteiger partial charge >= 0.3 is 0 Å². The van der Waals surface area contributed by atoms with Crippen LogP contribution >= 0.6 is 0 Å². The molecule has 1 aromatic rings. The Bertz CT molecular complexity index is 233. The van der Waals surface area contributed by atoms with Gasteiger partial charge in [0.25, 0.3) is 0 Å². The predicted molar refractivity (Wildman–Crippen MR) is 52.9 cm³/mol. The molecule has 1 heteroatoms. The van der Waals surface area contributed by atoms with Gasteiger partial charge in [-0.15, -0.1) is 0 Å². The van der Waals surface area contributed by atoms with Crippen molar-refractivity contribution < 1.29 is 4.48 Å². The summed E-state index contributed by atoms with van der Waals surface area (Å²) in [6.45, 7) is 2.26. The highest BCUT2D eigenvalue weighted by Gasteiger charge is 2.19. The van der Waals surface area contributed by atoms with Crippen LogP contribution in [0.2, 0.25) is 0 Å². The first-order chi connectivity index (χ1) is 5.52. The molecular formula is C11H18N+. The van der Waals surface area contributed by atoms with Gasteiger partial charge in [0.2, 0.25) is 0 Å². The summed E-state index contributed by atoms with van der Waals surface area (Å²) in [6.07, 6.45) is 0. The van der Waals surface area contributed by atoms with Crippen molar-refractivity contribution in [2.75, 3.05) is 21.1 Å². The Morgan fingerprint density at radius 2 is 1.50 bits per heavy atom. The van der Waals surface area contributed by atoms with Gasteiger partial charge in [-0.3, -0.25) is 0 Å². The average molecular weight is 164 g/mol. The summed E-state index contributed by atoms with van der Waals surface area (Å²) in [4.78, 5) is 0. The molecule has 66 valence electrons. The number of nitrogens with zero attached hydrogens (tertiary/aromatic N) is 1. The zero-order valence-corrected chi connectivity index (χ0v) is 8.41. The van der Waals surface area contributed by atoms with Crippen LogP contribution in [-0.4, -0.2) is 25.6 Å². The monoisotopic (exact) mass is 164 g/mol. The minimum atomic E-state index is 0.561. The van der Waals surface area contributed by atoms with Crippen LogP contribution in [0.4, 0.5) is 0 Å². The van der Waals surface area contributed by atoms with Gasteiger partial charge in [0, 0.05) is 5.56 Å². The van der Waals surface area contributed by atoms with Crippen molar-refractivity contribution in [2.45, 2.75) is 13.0 Å². The van der Waals surface area contributed by atoms with Gasteiger partial charge < -0.3 is 4.48 Å². The van der Waals surface area contributed by atoms with E-state index in [1.807, 2.05) is 0 Å². The van der Waals surface area contributed by atoms with Gasteiger partial charge in [-0.1, -0.05) is 30.3 Å². The lowest BCUT2D eigenvalue weighted by molar-refractivity contribution is -0.900. The molecular weight excluding hydrogens is 146 g/mol. The highest BCUT2D eigenvalue weighted by molar-refractivity contribution is 5.16. The first kappa shape index (κ1) is 9.27. The van der Waals surface area contributed by atoms with Gasteiger partial charge in [0.1, 0.15) is 6.04 Å². The molecule has 0 aromatic heterocycles. The maximum Gasteiger partial charge on any atom is 0.111 e. The SMILES string of the molecule is C[C@@H](c1ccccc1)[N+](C)(C)C. The largest absolute Gasteiger partial charge is 0.325 e. The molecule has 1 nitrogen and oxygen atoms in total. The minimum absolute atomic E-state index is 0.561. The predicted octanol–water partition coefficient (Wildman–Crippen LogP) is 2.45. The van der Waals surface area contributed by atoms with Crippen LogP contribution in [0.15, 0.2) is 30.3 Å². The van der Waals surface area contributed by atoms with Gasteiger partial charge in [-0.2, -0.15) is 0 Å². The molecule has 1 aromatic carbocycles. The fourth-order valence-corrected chi connectivity index (χ4v) is 1.18. The van der Waals surface area contributed by atoms with Crippen LogP contribution in [0, 0.1) is 0 Å². The fourth-order valence-electron chi connectivity index (χ4n) is 1.18. The van der Waals surface area contributed by atoms with E-state index in [0.717, 1.165) is 4.48 Å². The van der Waals surface area contributed by atoms with Crippen LogP contribution in [0.25, 0.3) is 0 Å². The molecule has 12 heavy (non-hydrogen) atoms. The number of hydrogen-bond acceptors (Lipinski definition) is 0. The van der Waals surface area contributed by atoms with Gasteiger partial charge in [0.05, 0.1) is 21.1 Å². The lowest BCUT2D eigenvalue weighted by Gasteiger charge is -2.31. The topological polar surface area (TPSA) is 0 Å². The van der Waals surface area contributed by atoms with E-state index in [9.17, 15) is 0 Å². The second-order valence-electron chi connectivity index (χ2n) is 4.20. The molecule has 0 amide bonds. The minimum Gasteiger partial charge on any atom is -0.325 e. The molecule has 1 atom stereocenters. The quantitative estimate of drug-likeness (QED) is 0.589.